The van der Waals surface area contributed by atoms with E-state index in [1.54, 1.807) is 42.7 Å². The van der Waals surface area contributed by atoms with E-state index in [9.17, 15) is 13.2 Å². The first-order chi connectivity index (χ1) is 12.5. The van der Waals surface area contributed by atoms with Crippen molar-refractivity contribution in [2.75, 3.05) is 5.32 Å². The molecule has 1 unspecified atom stereocenters. The Morgan fingerprint density at radius 1 is 1.23 bits per heavy atom. The molecule has 7 nitrogen and oxygen atoms in total. The van der Waals surface area contributed by atoms with Crippen molar-refractivity contribution < 1.29 is 13.2 Å². The monoisotopic (exact) mass is 372 g/mol. The lowest BCUT2D eigenvalue weighted by molar-refractivity contribution is -0.117. The van der Waals surface area contributed by atoms with Gasteiger partial charge in [-0.3, -0.25) is 19.5 Å². The van der Waals surface area contributed by atoms with E-state index in [1.165, 1.54) is 6.07 Å². The topological polar surface area (TPSA) is 101 Å². The molecule has 1 aromatic heterocycles. The van der Waals surface area contributed by atoms with Gasteiger partial charge in [-0.25, -0.2) is 8.42 Å². The number of benzene rings is 1. The second kappa shape index (κ2) is 7.65. The summed E-state index contributed by atoms with van der Waals surface area (Å²) in [4.78, 5) is 21.2. The highest BCUT2D eigenvalue weighted by molar-refractivity contribution is 7.90. The Kier molecular flexibility index (Phi) is 5.32. The van der Waals surface area contributed by atoms with Crippen molar-refractivity contribution in [3.63, 3.8) is 0 Å². The van der Waals surface area contributed by atoms with Crippen molar-refractivity contribution >= 4 is 27.5 Å². The van der Waals surface area contributed by atoms with Gasteiger partial charge < -0.3 is 5.32 Å². The number of sulfonamides is 1. The lowest BCUT2D eigenvalue weighted by Gasteiger charge is -2.14. The molecule has 2 N–H and O–H groups in total. The molecular formula is C18H20N4O3S. The summed E-state index contributed by atoms with van der Waals surface area (Å²) in [6.07, 6.45) is 5.42. The summed E-state index contributed by atoms with van der Waals surface area (Å²) >= 11 is 0. The van der Waals surface area contributed by atoms with E-state index < -0.39 is 16.1 Å². The second-order valence-corrected chi connectivity index (χ2v) is 7.61. The Bertz CT molecular complexity index is 926. The van der Waals surface area contributed by atoms with Crippen LogP contribution in [0.4, 0.5) is 5.69 Å². The van der Waals surface area contributed by atoms with Crippen LogP contribution in [0.5, 0.6) is 0 Å². The fraction of sp³-hybridized carbons (Fsp3) is 0.278. The van der Waals surface area contributed by atoms with Gasteiger partial charge in [0.25, 0.3) is 10.0 Å². The number of nitrogens with zero attached hydrogens (tertiary/aromatic N) is 2. The summed E-state index contributed by atoms with van der Waals surface area (Å²) in [5, 5.41) is 2.81. The number of nitrogens with one attached hydrogen (secondary N) is 2. The third-order valence-electron chi connectivity index (χ3n) is 4.03. The SMILES string of the molecule is CCCCC(N=C1NS(=O)(=O)c2ccccc21)C(=O)Nc1ccncc1. The van der Waals surface area contributed by atoms with Gasteiger partial charge in [-0.05, 0) is 30.7 Å². The Hall–Kier alpha value is -2.74. The second-order valence-electron chi connectivity index (χ2n) is 5.96. The molecule has 1 aliphatic heterocycles. The van der Waals surface area contributed by atoms with Crippen LogP contribution in [-0.4, -0.2) is 31.2 Å². The third-order valence-corrected chi connectivity index (χ3v) is 5.43. The highest BCUT2D eigenvalue weighted by atomic mass is 32.2. The average molecular weight is 372 g/mol. The number of pyridine rings is 1. The van der Waals surface area contributed by atoms with Crippen molar-refractivity contribution in [1.29, 1.82) is 0 Å². The standard InChI is InChI=1S/C18H20N4O3S/c1-2-3-7-15(18(23)20-13-9-11-19-12-10-13)21-17-14-6-4-5-8-16(14)26(24,25)22-17/h4-6,8-12,15H,2-3,7H2,1H3,(H,21,22)(H,19,20,23). The summed E-state index contributed by atoms with van der Waals surface area (Å²) in [5.74, 6) is -0.0627. The van der Waals surface area contributed by atoms with Crippen LogP contribution in [-0.2, 0) is 14.8 Å². The lowest BCUT2D eigenvalue weighted by Crippen LogP contribution is -2.30. The number of rotatable bonds is 6. The Labute approximate surface area is 152 Å². The molecule has 8 heteroatoms. The summed E-state index contributed by atoms with van der Waals surface area (Å²) in [6, 6.07) is 9.31. The van der Waals surface area contributed by atoms with E-state index in [1.807, 2.05) is 6.92 Å². The number of carbonyl (C=O) groups excluding carboxylic acids is 1. The molecule has 1 amide bonds. The van der Waals surface area contributed by atoms with E-state index in [0.717, 1.165) is 12.8 Å². The molecule has 2 heterocycles. The molecule has 3 rings (SSSR count). The lowest BCUT2D eigenvalue weighted by atomic mass is 10.1. The smallest absolute Gasteiger partial charge is 0.263 e. The Morgan fingerprint density at radius 2 is 1.96 bits per heavy atom. The van der Waals surface area contributed by atoms with Gasteiger partial charge in [-0.15, -0.1) is 0 Å². The van der Waals surface area contributed by atoms with Crippen molar-refractivity contribution in [3.05, 3.63) is 54.4 Å². The fourth-order valence-corrected chi connectivity index (χ4v) is 3.94. The molecule has 1 atom stereocenters. The summed E-state index contributed by atoms with van der Waals surface area (Å²) < 4.78 is 26.9. The minimum Gasteiger partial charge on any atom is -0.324 e. The van der Waals surface area contributed by atoms with Gasteiger partial charge in [0.05, 0.1) is 4.90 Å². The van der Waals surface area contributed by atoms with E-state index in [2.05, 4.69) is 20.0 Å². The highest BCUT2D eigenvalue weighted by Gasteiger charge is 2.31. The summed E-state index contributed by atoms with van der Waals surface area (Å²) in [6.45, 7) is 2.03. The average Bonchev–Trinajstić information content (AvgIpc) is 2.90. The third kappa shape index (κ3) is 3.91. The van der Waals surface area contributed by atoms with Crippen molar-refractivity contribution in [2.45, 2.75) is 37.1 Å². The molecule has 0 radical (unpaired) electrons. The molecule has 1 aromatic carbocycles. The zero-order valence-electron chi connectivity index (χ0n) is 14.3. The van der Waals surface area contributed by atoms with Crippen molar-refractivity contribution in [2.24, 2.45) is 4.99 Å². The minimum absolute atomic E-state index is 0.183. The van der Waals surface area contributed by atoms with E-state index >= 15 is 0 Å². The number of unbranched alkanes of at least 4 members (excludes halogenated alkanes) is 1. The van der Waals surface area contributed by atoms with Crippen molar-refractivity contribution in [1.82, 2.24) is 9.71 Å². The molecule has 0 spiro atoms. The Balaban J connectivity index is 1.89. The van der Waals surface area contributed by atoms with Gasteiger partial charge in [0.1, 0.15) is 11.9 Å². The van der Waals surface area contributed by atoms with Crippen LogP contribution in [0.15, 0.2) is 58.7 Å². The molecule has 26 heavy (non-hydrogen) atoms. The molecule has 1 aliphatic rings. The first-order valence-electron chi connectivity index (χ1n) is 8.42. The number of aromatic nitrogens is 1. The number of carbonyl (C=O) groups is 1. The maximum absolute atomic E-state index is 12.7. The first-order valence-corrected chi connectivity index (χ1v) is 9.90. The number of hydrogen-bond donors (Lipinski definition) is 2. The van der Waals surface area contributed by atoms with Gasteiger partial charge in [0, 0.05) is 23.6 Å². The number of anilines is 1. The van der Waals surface area contributed by atoms with Crippen LogP contribution in [0.1, 0.15) is 31.7 Å². The van der Waals surface area contributed by atoms with Crippen LogP contribution < -0.4 is 10.0 Å². The normalized spacial score (nSPS) is 17.3. The van der Waals surface area contributed by atoms with E-state index in [4.69, 9.17) is 0 Å². The van der Waals surface area contributed by atoms with Crippen LogP contribution in [0.2, 0.25) is 0 Å². The molecule has 0 bridgehead atoms. The Morgan fingerprint density at radius 3 is 2.69 bits per heavy atom. The number of fused-ring (bicyclic) bond motifs is 1. The van der Waals surface area contributed by atoms with Crippen molar-refractivity contribution in [3.8, 4) is 0 Å². The quantitative estimate of drug-likeness (QED) is 0.812. The molecule has 0 aliphatic carbocycles. The number of amides is 1. The fourth-order valence-electron chi connectivity index (χ4n) is 2.70. The zero-order valence-corrected chi connectivity index (χ0v) is 15.2. The van der Waals surface area contributed by atoms with Crippen LogP contribution in [0.25, 0.3) is 0 Å². The maximum atomic E-state index is 12.7. The highest BCUT2D eigenvalue weighted by Crippen LogP contribution is 2.23. The van der Waals surface area contributed by atoms with Crippen LogP contribution in [0.3, 0.4) is 0 Å². The molecule has 136 valence electrons. The molecule has 0 fully saturated rings. The van der Waals surface area contributed by atoms with Gasteiger partial charge in [-0.1, -0.05) is 31.9 Å². The van der Waals surface area contributed by atoms with Gasteiger partial charge >= 0.3 is 0 Å². The van der Waals surface area contributed by atoms with Crippen LogP contribution >= 0.6 is 0 Å². The predicted octanol–water partition coefficient (Wildman–Crippen LogP) is 2.32. The van der Waals surface area contributed by atoms with Crippen LogP contribution in [0, 0.1) is 0 Å². The van der Waals surface area contributed by atoms with Gasteiger partial charge in [-0.2, -0.15) is 0 Å². The first kappa shape index (κ1) is 18.1. The largest absolute Gasteiger partial charge is 0.324 e. The number of hydrogen-bond acceptors (Lipinski definition) is 5. The molecule has 0 saturated heterocycles. The van der Waals surface area contributed by atoms with Gasteiger partial charge in [0.15, 0.2) is 0 Å². The zero-order chi connectivity index (χ0) is 18.6. The summed E-state index contributed by atoms with van der Waals surface area (Å²) in [5.41, 5.74) is 1.12. The molecule has 2 aromatic rings. The predicted molar refractivity (Wildman–Crippen MR) is 99.5 cm³/mol. The molecule has 0 saturated carbocycles. The minimum atomic E-state index is -3.63. The summed E-state index contributed by atoms with van der Waals surface area (Å²) in [7, 11) is -3.63. The number of amidine groups is 1. The van der Waals surface area contributed by atoms with Gasteiger partial charge in [0.2, 0.25) is 5.91 Å². The maximum Gasteiger partial charge on any atom is 0.263 e. The van der Waals surface area contributed by atoms with E-state index in [0.29, 0.717) is 17.7 Å². The number of aliphatic imine (C=N–C) groups is 1. The molecular weight excluding hydrogens is 352 g/mol. The van der Waals surface area contributed by atoms with E-state index in [-0.39, 0.29) is 16.6 Å².